The van der Waals surface area contributed by atoms with Gasteiger partial charge in [0, 0.05) is 23.1 Å². The van der Waals surface area contributed by atoms with Gasteiger partial charge < -0.3 is 15.2 Å². The van der Waals surface area contributed by atoms with Crippen molar-refractivity contribution in [1.82, 2.24) is 9.38 Å². The summed E-state index contributed by atoms with van der Waals surface area (Å²) in [6, 6.07) is 3.78. The van der Waals surface area contributed by atoms with Crippen molar-refractivity contribution in [3.05, 3.63) is 35.3 Å². The second-order valence-electron chi connectivity index (χ2n) is 3.45. The van der Waals surface area contributed by atoms with Gasteiger partial charge in [-0.1, -0.05) is 0 Å². The number of nitrogens with two attached hydrogens (primary N) is 1. The summed E-state index contributed by atoms with van der Waals surface area (Å²) in [5.74, 6) is 0. The Hall–Kier alpha value is -1.39. The van der Waals surface area contributed by atoms with E-state index in [2.05, 4.69) is 4.98 Å². The molecule has 0 aliphatic carbocycles. The molecule has 0 bridgehead atoms. The van der Waals surface area contributed by atoms with Crippen molar-refractivity contribution in [1.29, 1.82) is 0 Å². The Labute approximate surface area is 82.0 Å². The molecule has 1 atom stereocenters. The molecule has 2 aromatic heterocycles. The topological polar surface area (TPSA) is 63.5 Å². The van der Waals surface area contributed by atoms with E-state index < -0.39 is 6.23 Å². The first-order valence-corrected chi connectivity index (χ1v) is 4.48. The van der Waals surface area contributed by atoms with Gasteiger partial charge >= 0.3 is 0 Å². The fraction of sp³-hybridized carbons (Fsp3) is 0.300. The summed E-state index contributed by atoms with van der Waals surface area (Å²) in [7, 11) is 0. The minimum atomic E-state index is -0.964. The molecule has 2 rings (SSSR count). The van der Waals surface area contributed by atoms with Crippen molar-refractivity contribution < 1.29 is 5.11 Å². The Morgan fingerprint density at radius 1 is 1.50 bits per heavy atom. The molecule has 0 radical (unpaired) electrons. The van der Waals surface area contributed by atoms with Gasteiger partial charge in [-0.3, -0.25) is 0 Å². The quantitative estimate of drug-likeness (QED) is 0.658. The number of fused-ring (bicyclic) bond motifs is 1. The fourth-order valence-corrected chi connectivity index (χ4v) is 1.64. The van der Waals surface area contributed by atoms with Gasteiger partial charge in [0.1, 0.15) is 11.9 Å². The Balaban J connectivity index is 2.78. The predicted molar refractivity (Wildman–Crippen MR) is 53.8 cm³/mol. The largest absolute Gasteiger partial charge is 0.374 e. The highest BCUT2D eigenvalue weighted by molar-refractivity contribution is 5.51. The van der Waals surface area contributed by atoms with Crippen molar-refractivity contribution in [2.45, 2.75) is 20.1 Å². The van der Waals surface area contributed by atoms with Crippen molar-refractivity contribution in [2.75, 3.05) is 0 Å². The molecule has 0 saturated heterocycles. The molecule has 2 heterocycles. The highest BCUT2D eigenvalue weighted by Crippen LogP contribution is 2.17. The third kappa shape index (κ3) is 1.29. The second-order valence-corrected chi connectivity index (χ2v) is 3.45. The second kappa shape index (κ2) is 3.08. The Morgan fingerprint density at radius 2 is 2.21 bits per heavy atom. The summed E-state index contributed by atoms with van der Waals surface area (Å²) in [6.07, 6.45) is 0.899. The Kier molecular flexibility index (Phi) is 2.02. The third-order valence-corrected chi connectivity index (χ3v) is 2.29. The number of hydrogen-bond donors (Lipinski definition) is 2. The summed E-state index contributed by atoms with van der Waals surface area (Å²) in [4.78, 5) is 4.34. The van der Waals surface area contributed by atoms with Crippen LogP contribution in [0.1, 0.15) is 23.2 Å². The molecule has 0 amide bonds. The minimum Gasteiger partial charge on any atom is -0.374 e. The number of hydrogen-bond acceptors (Lipinski definition) is 3. The van der Waals surface area contributed by atoms with Gasteiger partial charge in [0.15, 0.2) is 0 Å². The SMILES string of the molecule is Cc1cc(C)n2ccc(C(N)O)c2n1. The maximum Gasteiger partial charge on any atom is 0.144 e. The zero-order valence-electron chi connectivity index (χ0n) is 8.23. The van der Waals surface area contributed by atoms with E-state index in [0.29, 0.717) is 5.56 Å². The summed E-state index contributed by atoms with van der Waals surface area (Å²) < 4.78 is 1.92. The monoisotopic (exact) mass is 191 g/mol. The van der Waals surface area contributed by atoms with Gasteiger partial charge in [-0.25, -0.2) is 4.98 Å². The number of aliphatic hydroxyl groups excluding tert-OH is 1. The number of aryl methyl sites for hydroxylation is 2. The van der Waals surface area contributed by atoms with Crippen LogP contribution in [0.25, 0.3) is 5.65 Å². The van der Waals surface area contributed by atoms with Crippen LogP contribution < -0.4 is 5.73 Å². The van der Waals surface area contributed by atoms with Crippen LogP contribution in [0.4, 0.5) is 0 Å². The van der Waals surface area contributed by atoms with Gasteiger partial charge in [0.25, 0.3) is 0 Å². The fourth-order valence-electron chi connectivity index (χ4n) is 1.64. The molecule has 0 fully saturated rings. The van der Waals surface area contributed by atoms with E-state index in [-0.39, 0.29) is 0 Å². The third-order valence-electron chi connectivity index (χ3n) is 2.29. The van der Waals surface area contributed by atoms with Crippen molar-refractivity contribution >= 4 is 5.65 Å². The summed E-state index contributed by atoms with van der Waals surface area (Å²) in [5, 5.41) is 9.32. The summed E-state index contributed by atoms with van der Waals surface area (Å²) in [6.45, 7) is 3.92. The molecule has 14 heavy (non-hydrogen) atoms. The van der Waals surface area contributed by atoms with E-state index in [1.54, 1.807) is 6.07 Å². The van der Waals surface area contributed by atoms with Crippen LogP contribution in [0.3, 0.4) is 0 Å². The maximum atomic E-state index is 9.32. The molecule has 0 aromatic carbocycles. The predicted octanol–water partition coefficient (Wildman–Crippen LogP) is 0.901. The highest BCUT2D eigenvalue weighted by Gasteiger charge is 2.10. The molecule has 0 saturated carbocycles. The first-order chi connectivity index (χ1) is 6.59. The molecule has 3 N–H and O–H groups in total. The van der Waals surface area contributed by atoms with E-state index in [1.807, 2.05) is 30.5 Å². The average Bonchev–Trinajstić information content (AvgIpc) is 2.47. The smallest absolute Gasteiger partial charge is 0.144 e. The molecule has 0 aliphatic rings. The first-order valence-electron chi connectivity index (χ1n) is 4.48. The molecular weight excluding hydrogens is 178 g/mol. The van der Waals surface area contributed by atoms with Crippen molar-refractivity contribution in [3.63, 3.8) is 0 Å². The average molecular weight is 191 g/mol. The molecule has 74 valence electrons. The van der Waals surface area contributed by atoms with Crippen LogP contribution in [0.2, 0.25) is 0 Å². The van der Waals surface area contributed by atoms with Crippen molar-refractivity contribution in [3.8, 4) is 0 Å². The zero-order chi connectivity index (χ0) is 10.3. The Morgan fingerprint density at radius 3 is 2.86 bits per heavy atom. The normalized spacial score (nSPS) is 13.4. The maximum absolute atomic E-state index is 9.32. The van der Waals surface area contributed by atoms with Crippen molar-refractivity contribution in [2.24, 2.45) is 5.73 Å². The first kappa shape index (κ1) is 9.18. The summed E-state index contributed by atoms with van der Waals surface area (Å²) in [5.41, 5.74) is 8.83. The van der Waals surface area contributed by atoms with Crippen LogP contribution in [0.5, 0.6) is 0 Å². The standard InChI is InChI=1S/C10H13N3O/c1-6-5-7(2)13-4-3-8(9(11)14)10(13)12-6/h3-5,9,14H,11H2,1-2H3. The highest BCUT2D eigenvalue weighted by atomic mass is 16.3. The van der Waals surface area contributed by atoms with E-state index in [1.165, 1.54) is 0 Å². The lowest BCUT2D eigenvalue weighted by molar-refractivity contribution is 0.187. The van der Waals surface area contributed by atoms with Crippen LogP contribution in [-0.4, -0.2) is 14.5 Å². The zero-order valence-corrected chi connectivity index (χ0v) is 8.23. The Bertz CT molecular complexity index is 473. The lowest BCUT2D eigenvalue weighted by Gasteiger charge is -2.05. The van der Waals surface area contributed by atoms with Gasteiger partial charge in [-0.15, -0.1) is 0 Å². The molecule has 2 aromatic rings. The van der Waals surface area contributed by atoms with Crippen LogP contribution in [-0.2, 0) is 0 Å². The van der Waals surface area contributed by atoms with E-state index >= 15 is 0 Å². The number of rotatable bonds is 1. The molecule has 4 heteroatoms. The summed E-state index contributed by atoms with van der Waals surface area (Å²) >= 11 is 0. The van der Waals surface area contributed by atoms with E-state index in [4.69, 9.17) is 5.73 Å². The molecule has 4 nitrogen and oxygen atoms in total. The lowest BCUT2D eigenvalue weighted by Crippen LogP contribution is -2.09. The molecule has 1 unspecified atom stereocenters. The number of aliphatic hydroxyl groups is 1. The van der Waals surface area contributed by atoms with Gasteiger partial charge in [0.2, 0.25) is 0 Å². The van der Waals surface area contributed by atoms with Crippen LogP contribution >= 0.6 is 0 Å². The number of aromatic nitrogens is 2. The molecular formula is C10H13N3O. The lowest BCUT2D eigenvalue weighted by atomic mass is 10.3. The van der Waals surface area contributed by atoms with Gasteiger partial charge in [-0.05, 0) is 26.0 Å². The van der Waals surface area contributed by atoms with Gasteiger partial charge in [-0.2, -0.15) is 0 Å². The van der Waals surface area contributed by atoms with E-state index in [9.17, 15) is 5.11 Å². The van der Waals surface area contributed by atoms with E-state index in [0.717, 1.165) is 17.0 Å². The molecule has 0 aliphatic heterocycles. The minimum absolute atomic E-state index is 0.664. The molecule has 0 spiro atoms. The van der Waals surface area contributed by atoms with Crippen LogP contribution in [0, 0.1) is 13.8 Å². The van der Waals surface area contributed by atoms with Crippen LogP contribution in [0.15, 0.2) is 18.3 Å². The van der Waals surface area contributed by atoms with Gasteiger partial charge in [0.05, 0.1) is 0 Å². The number of nitrogens with zero attached hydrogens (tertiary/aromatic N) is 2.